The Kier molecular flexibility index (Phi) is 5.37. The van der Waals surface area contributed by atoms with Crippen molar-refractivity contribution in [2.24, 2.45) is 5.10 Å². The second-order valence-electron chi connectivity index (χ2n) is 5.49. The van der Waals surface area contributed by atoms with E-state index >= 15 is 0 Å². The largest absolute Gasteiger partial charge is 0.381 e. The Morgan fingerprint density at radius 2 is 1.86 bits per heavy atom. The number of nitrogens with one attached hydrogen (secondary N) is 1. The maximum Gasteiger partial charge on any atom is 0.0619 e. The smallest absolute Gasteiger partial charge is 0.0619 e. The molecule has 0 fully saturated rings. The van der Waals surface area contributed by atoms with Crippen molar-refractivity contribution in [2.45, 2.75) is 13.8 Å². The van der Waals surface area contributed by atoms with Gasteiger partial charge in [-0.15, -0.1) is 0 Å². The van der Waals surface area contributed by atoms with Gasteiger partial charge in [0, 0.05) is 19.3 Å². The Morgan fingerprint density at radius 1 is 1.18 bits per heavy atom. The molecule has 0 heterocycles. The molecule has 0 aliphatic heterocycles. The SMILES string of the molecule is C=C(C)CNc1ccc(C=NN(C)c2ccccc2C)cc1. The fourth-order valence-electron chi connectivity index (χ4n) is 2.08. The van der Waals surface area contributed by atoms with Crippen LogP contribution in [0.3, 0.4) is 0 Å². The van der Waals surface area contributed by atoms with Crippen LogP contribution in [0.4, 0.5) is 11.4 Å². The van der Waals surface area contributed by atoms with Gasteiger partial charge in [0.15, 0.2) is 0 Å². The maximum atomic E-state index is 4.50. The quantitative estimate of drug-likeness (QED) is 0.484. The zero-order valence-corrected chi connectivity index (χ0v) is 13.5. The lowest BCUT2D eigenvalue weighted by atomic mass is 10.2. The van der Waals surface area contributed by atoms with Crippen molar-refractivity contribution in [1.82, 2.24) is 0 Å². The second-order valence-corrected chi connectivity index (χ2v) is 5.49. The van der Waals surface area contributed by atoms with Gasteiger partial charge >= 0.3 is 0 Å². The first-order chi connectivity index (χ1) is 10.6. The predicted molar refractivity (Wildman–Crippen MR) is 96.9 cm³/mol. The summed E-state index contributed by atoms with van der Waals surface area (Å²) in [6.45, 7) is 8.77. The van der Waals surface area contributed by atoms with Crippen molar-refractivity contribution < 1.29 is 0 Å². The van der Waals surface area contributed by atoms with Crippen LogP contribution in [0.2, 0.25) is 0 Å². The average Bonchev–Trinajstić information content (AvgIpc) is 2.52. The van der Waals surface area contributed by atoms with E-state index in [9.17, 15) is 0 Å². The first kappa shape index (κ1) is 15.8. The highest BCUT2D eigenvalue weighted by Gasteiger charge is 2.00. The highest BCUT2D eigenvalue weighted by atomic mass is 15.4. The van der Waals surface area contributed by atoms with Gasteiger partial charge in [0.1, 0.15) is 0 Å². The fourth-order valence-corrected chi connectivity index (χ4v) is 2.08. The number of anilines is 2. The zero-order valence-electron chi connectivity index (χ0n) is 13.5. The molecule has 0 aliphatic carbocycles. The van der Waals surface area contributed by atoms with E-state index in [4.69, 9.17) is 0 Å². The molecule has 3 nitrogen and oxygen atoms in total. The lowest BCUT2D eigenvalue weighted by molar-refractivity contribution is 1.01. The molecule has 22 heavy (non-hydrogen) atoms. The van der Waals surface area contributed by atoms with Gasteiger partial charge in [-0.25, -0.2) is 0 Å². The average molecular weight is 293 g/mol. The molecule has 0 atom stereocenters. The minimum Gasteiger partial charge on any atom is -0.381 e. The topological polar surface area (TPSA) is 27.6 Å². The normalized spacial score (nSPS) is 10.7. The molecule has 114 valence electrons. The number of hydrazone groups is 1. The Balaban J connectivity index is 2.01. The summed E-state index contributed by atoms with van der Waals surface area (Å²) in [7, 11) is 1.96. The first-order valence-electron chi connectivity index (χ1n) is 7.38. The molecular formula is C19H23N3. The van der Waals surface area contributed by atoms with Crippen molar-refractivity contribution in [3.8, 4) is 0 Å². The van der Waals surface area contributed by atoms with E-state index in [2.05, 4.69) is 60.3 Å². The number of para-hydroxylation sites is 1. The molecule has 0 saturated carbocycles. The van der Waals surface area contributed by atoms with Crippen LogP contribution in [0.25, 0.3) is 0 Å². The summed E-state index contributed by atoms with van der Waals surface area (Å²) < 4.78 is 0. The Morgan fingerprint density at radius 3 is 2.50 bits per heavy atom. The lowest BCUT2D eigenvalue weighted by Crippen LogP contribution is -2.10. The molecule has 0 saturated heterocycles. The van der Waals surface area contributed by atoms with Crippen LogP contribution < -0.4 is 10.3 Å². The number of hydrogen-bond donors (Lipinski definition) is 1. The fraction of sp³-hybridized carbons (Fsp3) is 0.211. The Bertz CT molecular complexity index is 657. The predicted octanol–water partition coefficient (Wildman–Crippen LogP) is 4.45. The highest BCUT2D eigenvalue weighted by Crippen LogP contribution is 2.18. The molecule has 3 heteroatoms. The van der Waals surface area contributed by atoms with Gasteiger partial charge in [-0.2, -0.15) is 5.10 Å². The summed E-state index contributed by atoms with van der Waals surface area (Å²) in [6.07, 6.45) is 1.87. The van der Waals surface area contributed by atoms with Crippen molar-refractivity contribution in [3.05, 3.63) is 71.8 Å². The molecule has 0 amide bonds. The van der Waals surface area contributed by atoms with Crippen molar-refractivity contribution in [1.29, 1.82) is 0 Å². The van der Waals surface area contributed by atoms with E-state index in [0.29, 0.717) is 0 Å². The summed E-state index contributed by atoms with van der Waals surface area (Å²) >= 11 is 0. The molecule has 2 aromatic rings. The second kappa shape index (κ2) is 7.46. The lowest BCUT2D eigenvalue weighted by Gasteiger charge is -2.15. The van der Waals surface area contributed by atoms with Crippen molar-refractivity contribution in [3.63, 3.8) is 0 Å². The third-order valence-corrected chi connectivity index (χ3v) is 3.35. The molecule has 0 unspecified atom stereocenters. The molecule has 0 aliphatic rings. The van der Waals surface area contributed by atoms with Crippen LogP contribution >= 0.6 is 0 Å². The van der Waals surface area contributed by atoms with Crippen LogP contribution in [0.5, 0.6) is 0 Å². The number of hydrogen-bond acceptors (Lipinski definition) is 3. The summed E-state index contributed by atoms with van der Waals surface area (Å²) in [5.74, 6) is 0. The molecule has 1 N–H and O–H groups in total. The number of nitrogens with zero attached hydrogens (tertiary/aromatic N) is 2. The Labute approximate surface area is 133 Å². The maximum absolute atomic E-state index is 4.50. The van der Waals surface area contributed by atoms with Crippen LogP contribution in [-0.2, 0) is 0 Å². The molecule has 0 bridgehead atoms. The van der Waals surface area contributed by atoms with Gasteiger partial charge in [0.25, 0.3) is 0 Å². The van der Waals surface area contributed by atoms with Crippen LogP contribution in [0, 0.1) is 6.92 Å². The molecule has 2 aromatic carbocycles. The van der Waals surface area contributed by atoms with Crippen molar-refractivity contribution in [2.75, 3.05) is 23.9 Å². The third-order valence-electron chi connectivity index (χ3n) is 3.35. The molecule has 0 aromatic heterocycles. The first-order valence-corrected chi connectivity index (χ1v) is 7.38. The summed E-state index contributed by atoms with van der Waals surface area (Å²) in [4.78, 5) is 0. The van der Waals surface area contributed by atoms with Gasteiger partial charge in [0.2, 0.25) is 0 Å². The van der Waals surface area contributed by atoms with Gasteiger partial charge < -0.3 is 5.32 Å². The summed E-state index contributed by atoms with van der Waals surface area (Å²) in [5.41, 5.74) is 5.60. The van der Waals surface area contributed by atoms with Crippen LogP contribution in [-0.4, -0.2) is 19.8 Å². The number of aryl methyl sites for hydroxylation is 1. The minimum atomic E-state index is 0.795. The Hall–Kier alpha value is -2.55. The molecule has 0 radical (unpaired) electrons. The van der Waals surface area contributed by atoms with Gasteiger partial charge in [-0.05, 0) is 43.2 Å². The van der Waals surface area contributed by atoms with Crippen LogP contribution in [0.15, 0.2) is 65.8 Å². The van der Waals surface area contributed by atoms with E-state index < -0.39 is 0 Å². The molecule has 0 spiro atoms. The van der Waals surface area contributed by atoms with Gasteiger partial charge in [0.05, 0.1) is 11.9 Å². The van der Waals surface area contributed by atoms with E-state index in [1.807, 2.05) is 37.3 Å². The van der Waals surface area contributed by atoms with Crippen molar-refractivity contribution >= 4 is 17.6 Å². The molecular weight excluding hydrogens is 270 g/mol. The number of benzene rings is 2. The van der Waals surface area contributed by atoms with E-state index in [0.717, 1.165) is 29.1 Å². The van der Waals surface area contributed by atoms with Gasteiger partial charge in [-0.1, -0.05) is 42.5 Å². The van der Waals surface area contributed by atoms with E-state index in [1.165, 1.54) is 5.56 Å². The van der Waals surface area contributed by atoms with Gasteiger partial charge in [-0.3, -0.25) is 5.01 Å². The monoisotopic (exact) mass is 293 g/mol. The third kappa shape index (κ3) is 4.48. The standard InChI is InChI=1S/C19H23N3/c1-15(2)13-20-18-11-9-17(10-12-18)14-21-22(4)19-8-6-5-7-16(19)3/h5-12,14,20H,1,13H2,2-4H3. The molecule has 2 rings (SSSR count). The van der Waals surface area contributed by atoms with E-state index in [1.54, 1.807) is 0 Å². The zero-order chi connectivity index (χ0) is 15.9. The summed E-state index contributed by atoms with van der Waals surface area (Å²) in [5, 5.41) is 9.71. The van der Waals surface area contributed by atoms with Crippen LogP contribution in [0.1, 0.15) is 18.1 Å². The minimum absolute atomic E-state index is 0.795. The number of rotatable bonds is 6. The highest BCUT2D eigenvalue weighted by molar-refractivity contribution is 5.81. The van der Waals surface area contributed by atoms with E-state index in [-0.39, 0.29) is 0 Å². The summed E-state index contributed by atoms with van der Waals surface area (Å²) in [6, 6.07) is 16.4.